The molecule has 0 atom stereocenters. The molecule has 0 spiro atoms. The lowest BCUT2D eigenvalue weighted by Gasteiger charge is -2.23. The lowest BCUT2D eigenvalue weighted by atomic mass is 9.90. The first kappa shape index (κ1) is 19.0. The van der Waals surface area contributed by atoms with Crippen LogP contribution in [0.15, 0.2) is 42.5 Å². The number of carbonyl (C=O) groups excluding carboxylic acids is 2. The third kappa shape index (κ3) is 4.83. The van der Waals surface area contributed by atoms with Gasteiger partial charge in [-0.3, -0.25) is 9.59 Å². The summed E-state index contributed by atoms with van der Waals surface area (Å²) in [4.78, 5) is 25.0. The van der Waals surface area contributed by atoms with Gasteiger partial charge in [-0.1, -0.05) is 41.4 Å². The van der Waals surface area contributed by atoms with E-state index in [1.54, 1.807) is 32.0 Å². The van der Waals surface area contributed by atoms with E-state index in [1.165, 1.54) is 0 Å². The molecule has 5 heteroatoms. The van der Waals surface area contributed by atoms with Gasteiger partial charge in [0.1, 0.15) is 5.41 Å². The number of benzene rings is 2. The fourth-order valence-corrected chi connectivity index (χ4v) is 2.48. The number of halogens is 1. The van der Waals surface area contributed by atoms with Gasteiger partial charge in [0.15, 0.2) is 0 Å². The molecule has 2 rings (SSSR count). The van der Waals surface area contributed by atoms with E-state index in [2.05, 4.69) is 10.6 Å². The number of aryl methyl sites for hydroxylation is 2. The Balaban J connectivity index is 2.01. The molecule has 0 radical (unpaired) electrons. The van der Waals surface area contributed by atoms with Crippen molar-refractivity contribution in [2.24, 2.45) is 5.41 Å². The van der Waals surface area contributed by atoms with Gasteiger partial charge in [0, 0.05) is 17.3 Å². The lowest BCUT2D eigenvalue weighted by Crippen LogP contribution is -2.45. The van der Waals surface area contributed by atoms with Gasteiger partial charge in [-0.2, -0.15) is 0 Å². The molecule has 0 aromatic heterocycles. The first-order chi connectivity index (χ1) is 11.7. The van der Waals surface area contributed by atoms with Gasteiger partial charge in [-0.05, 0) is 57.0 Å². The molecule has 2 aromatic carbocycles. The second-order valence-corrected chi connectivity index (χ2v) is 7.14. The summed E-state index contributed by atoms with van der Waals surface area (Å²) in [6.45, 7) is 7.46. The predicted molar refractivity (Wildman–Crippen MR) is 102 cm³/mol. The Morgan fingerprint density at radius 2 is 1.64 bits per heavy atom. The molecule has 25 heavy (non-hydrogen) atoms. The van der Waals surface area contributed by atoms with Crippen LogP contribution < -0.4 is 10.6 Å². The van der Waals surface area contributed by atoms with Crippen LogP contribution in [0.1, 0.15) is 30.5 Å². The highest BCUT2D eigenvalue weighted by Crippen LogP contribution is 2.23. The quantitative estimate of drug-likeness (QED) is 0.785. The summed E-state index contributed by atoms with van der Waals surface area (Å²) in [6, 6.07) is 13.1. The minimum Gasteiger partial charge on any atom is -0.351 e. The van der Waals surface area contributed by atoms with Crippen molar-refractivity contribution in [3.8, 4) is 0 Å². The third-order valence-corrected chi connectivity index (χ3v) is 4.38. The second kappa shape index (κ2) is 7.70. The fourth-order valence-electron chi connectivity index (χ4n) is 2.26. The molecule has 2 amide bonds. The molecule has 0 unspecified atom stereocenters. The van der Waals surface area contributed by atoms with Crippen molar-refractivity contribution >= 4 is 29.1 Å². The Kier molecular flexibility index (Phi) is 5.85. The number of anilines is 1. The number of amides is 2. The summed E-state index contributed by atoms with van der Waals surface area (Å²) >= 11 is 5.93. The molecule has 2 aromatic rings. The van der Waals surface area contributed by atoms with E-state index in [0.29, 0.717) is 17.3 Å². The molecule has 0 aliphatic rings. The van der Waals surface area contributed by atoms with Crippen molar-refractivity contribution in [3.63, 3.8) is 0 Å². The summed E-state index contributed by atoms with van der Waals surface area (Å²) in [5.74, 6) is -0.684. The highest BCUT2D eigenvalue weighted by atomic mass is 35.5. The smallest absolute Gasteiger partial charge is 0.239 e. The maximum Gasteiger partial charge on any atom is 0.239 e. The zero-order chi connectivity index (χ0) is 18.6. The number of hydrogen-bond acceptors (Lipinski definition) is 2. The Labute approximate surface area is 153 Å². The van der Waals surface area contributed by atoms with Crippen LogP contribution in [-0.4, -0.2) is 11.8 Å². The topological polar surface area (TPSA) is 58.2 Å². The van der Waals surface area contributed by atoms with Crippen LogP contribution >= 0.6 is 11.6 Å². The maximum atomic E-state index is 12.6. The minimum absolute atomic E-state index is 0.322. The first-order valence-electron chi connectivity index (χ1n) is 8.11. The fraction of sp³-hybridized carbons (Fsp3) is 0.300. The van der Waals surface area contributed by atoms with Crippen LogP contribution in [0, 0.1) is 19.3 Å². The van der Waals surface area contributed by atoms with E-state index in [9.17, 15) is 9.59 Å². The molecule has 132 valence electrons. The van der Waals surface area contributed by atoms with E-state index in [1.807, 2.05) is 38.1 Å². The molecule has 0 fully saturated rings. The first-order valence-corrected chi connectivity index (χ1v) is 8.49. The Bertz CT molecular complexity index is 783. The SMILES string of the molecule is Cc1ccc(CNC(=O)C(C)(C)C(=O)Nc2ccc(Cl)cc2C)cc1. The van der Waals surface area contributed by atoms with E-state index in [4.69, 9.17) is 11.6 Å². The third-order valence-electron chi connectivity index (χ3n) is 4.15. The standard InChI is InChI=1S/C20H23ClN2O2/c1-13-5-7-15(8-6-13)12-22-18(24)20(3,4)19(25)23-17-10-9-16(21)11-14(17)2/h5-11H,12H2,1-4H3,(H,22,24)(H,23,25). The van der Waals surface area contributed by atoms with Crippen LogP contribution in [0.25, 0.3) is 0 Å². The van der Waals surface area contributed by atoms with Gasteiger partial charge in [0.2, 0.25) is 11.8 Å². The summed E-state index contributed by atoms with van der Waals surface area (Å²) in [5.41, 5.74) is 2.44. The summed E-state index contributed by atoms with van der Waals surface area (Å²) in [5, 5.41) is 6.24. The average Bonchev–Trinajstić information content (AvgIpc) is 2.56. The molecule has 0 aliphatic carbocycles. The Morgan fingerprint density at radius 3 is 2.24 bits per heavy atom. The largest absolute Gasteiger partial charge is 0.351 e. The van der Waals surface area contributed by atoms with Crippen LogP contribution in [-0.2, 0) is 16.1 Å². The molecule has 0 saturated carbocycles. The maximum absolute atomic E-state index is 12.6. The minimum atomic E-state index is -1.20. The molecular formula is C20H23ClN2O2. The highest BCUT2D eigenvalue weighted by Gasteiger charge is 2.36. The van der Waals surface area contributed by atoms with Crippen LogP contribution in [0.5, 0.6) is 0 Å². The normalized spacial score (nSPS) is 11.1. The van der Waals surface area contributed by atoms with Crippen molar-refractivity contribution < 1.29 is 9.59 Å². The Hall–Kier alpha value is -2.33. The van der Waals surface area contributed by atoms with E-state index in [-0.39, 0.29) is 11.8 Å². The van der Waals surface area contributed by atoms with E-state index >= 15 is 0 Å². The van der Waals surface area contributed by atoms with Gasteiger partial charge in [0.05, 0.1) is 0 Å². The number of hydrogen-bond donors (Lipinski definition) is 2. The molecular weight excluding hydrogens is 336 g/mol. The highest BCUT2D eigenvalue weighted by molar-refractivity contribution is 6.30. The van der Waals surface area contributed by atoms with Gasteiger partial charge in [-0.15, -0.1) is 0 Å². The van der Waals surface area contributed by atoms with Crippen molar-refractivity contribution in [2.45, 2.75) is 34.2 Å². The van der Waals surface area contributed by atoms with Crippen molar-refractivity contribution in [1.29, 1.82) is 0 Å². The zero-order valence-corrected chi connectivity index (χ0v) is 15.7. The monoisotopic (exact) mass is 358 g/mol. The van der Waals surface area contributed by atoms with Crippen molar-refractivity contribution in [2.75, 3.05) is 5.32 Å². The van der Waals surface area contributed by atoms with Crippen molar-refractivity contribution in [3.05, 3.63) is 64.2 Å². The molecule has 0 aliphatic heterocycles. The number of nitrogens with one attached hydrogen (secondary N) is 2. The molecule has 0 bridgehead atoms. The second-order valence-electron chi connectivity index (χ2n) is 6.71. The summed E-state index contributed by atoms with van der Waals surface area (Å²) in [7, 11) is 0. The zero-order valence-electron chi connectivity index (χ0n) is 14.9. The van der Waals surface area contributed by atoms with Crippen LogP contribution in [0.4, 0.5) is 5.69 Å². The average molecular weight is 359 g/mol. The van der Waals surface area contributed by atoms with Gasteiger partial charge < -0.3 is 10.6 Å². The van der Waals surface area contributed by atoms with E-state index in [0.717, 1.165) is 16.7 Å². The van der Waals surface area contributed by atoms with Crippen LogP contribution in [0.2, 0.25) is 5.02 Å². The van der Waals surface area contributed by atoms with Gasteiger partial charge in [-0.25, -0.2) is 0 Å². The van der Waals surface area contributed by atoms with Gasteiger partial charge in [0.25, 0.3) is 0 Å². The number of carbonyl (C=O) groups is 2. The van der Waals surface area contributed by atoms with Crippen LogP contribution in [0.3, 0.4) is 0 Å². The molecule has 2 N–H and O–H groups in total. The Morgan fingerprint density at radius 1 is 1.00 bits per heavy atom. The van der Waals surface area contributed by atoms with Crippen molar-refractivity contribution in [1.82, 2.24) is 5.32 Å². The summed E-state index contributed by atoms with van der Waals surface area (Å²) in [6.07, 6.45) is 0. The van der Waals surface area contributed by atoms with E-state index < -0.39 is 5.41 Å². The summed E-state index contributed by atoms with van der Waals surface area (Å²) < 4.78 is 0. The molecule has 4 nitrogen and oxygen atoms in total. The molecule has 0 saturated heterocycles. The molecule has 0 heterocycles. The van der Waals surface area contributed by atoms with Gasteiger partial charge >= 0.3 is 0 Å². The predicted octanol–water partition coefficient (Wildman–Crippen LogP) is 4.24. The number of rotatable bonds is 5. The lowest BCUT2D eigenvalue weighted by molar-refractivity contribution is -0.138.